The van der Waals surface area contributed by atoms with Crippen LogP contribution in [0.2, 0.25) is 0 Å². The van der Waals surface area contributed by atoms with Gasteiger partial charge < -0.3 is 5.32 Å². The van der Waals surface area contributed by atoms with E-state index in [4.69, 9.17) is 0 Å². The zero-order valence-electron chi connectivity index (χ0n) is 11.1. The van der Waals surface area contributed by atoms with Crippen molar-refractivity contribution in [2.24, 2.45) is 0 Å². The number of non-ortho nitro benzene ring substituents is 1. The Hall–Kier alpha value is -1.55. The number of carbonyl (C=O) groups is 1. The average molecular weight is 417 g/mol. The Morgan fingerprint density at radius 2 is 2.29 bits per heavy atom. The molecule has 1 amide bonds. The molecule has 21 heavy (non-hydrogen) atoms. The fraction of sp³-hybridized carbons (Fsp3) is 0.231. The first-order chi connectivity index (χ1) is 10.0. The average Bonchev–Trinajstić information content (AvgIpc) is 2.93. The van der Waals surface area contributed by atoms with Crippen LogP contribution in [0, 0.1) is 13.7 Å². The lowest BCUT2D eigenvalue weighted by Gasteiger charge is -2.05. The number of thiazole rings is 1. The maximum atomic E-state index is 12.1. The number of nitrogens with one attached hydrogen (secondary N) is 1. The van der Waals surface area contributed by atoms with Gasteiger partial charge in [0.05, 0.1) is 17.0 Å². The predicted octanol–water partition coefficient (Wildman–Crippen LogP) is 3.15. The largest absolute Gasteiger partial charge is 0.345 e. The minimum Gasteiger partial charge on any atom is -0.345 e. The van der Waals surface area contributed by atoms with Gasteiger partial charge >= 0.3 is 0 Å². The molecule has 0 aliphatic carbocycles. The van der Waals surface area contributed by atoms with E-state index in [-0.39, 0.29) is 11.6 Å². The molecule has 0 bridgehead atoms. The van der Waals surface area contributed by atoms with Crippen LogP contribution in [0.3, 0.4) is 0 Å². The molecule has 2 rings (SSSR count). The first-order valence-electron chi connectivity index (χ1n) is 6.17. The van der Waals surface area contributed by atoms with Crippen molar-refractivity contribution in [2.45, 2.75) is 19.9 Å². The van der Waals surface area contributed by atoms with Crippen molar-refractivity contribution in [3.63, 3.8) is 0 Å². The SMILES string of the molecule is CCc1cnc(CNC(=O)c2cc([N+](=O)[O-])ccc2I)s1. The number of hydrogen-bond donors (Lipinski definition) is 1. The second-order valence-corrected chi connectivity index (χ2v) is 6.54. The molecule has 0 unspecified atom stereocenters. The van der Waals surface area contributed by atoms with Crippen molar-refractivity contribution in [1.29, 1.82) is 0 Å². The molecule has 0 aliphatic rings. The summed E-state index contributed by atoms with van der Waals surface area (Å²) >= 11 is 3.53. The molecule has 1 aromatic carbocycles. The molecule has 1 heterocycles. The number of benzene rings is 1. The smallest absolute Gasteiger partial charge is 0.270 e. The molecule has 0 radical (unpaired) electrons. The van der Waals surface area contributed by atoms with E-state index in [1.54, 1.807) is 23.6 Å². The van der Waals surface area contributed by atoms with Crippen LogP contribution in [0.1, 0.15) is 27.2 Å². The summed E-state index contributed by atoms with van der Waals surface area (Å²) in [5.74, 6) is -0.337. The fourth-order valence-corrected chi connectivity index (χ4v) is 3.03. The lowest BCUT2D eigenvalue weighted by molar-refractivity contribution is -0.384. The second-order valence-electron chi connectivity index (χ2n) is 4.18. The van der Waals surface area contributed by atoms with Gasteiger partial charge in [-0.25, -0.2) is 4.98 Å². The van der Waals surface area contributed by atoms with E-state index in [0.717, 1.165) is 16.3 Å². The van der Waals surface area contributed by atoms with E-state index in [1.165, 1.54) is 12.1 Å². The summed E-state index contributed by atoms with van der Waals surface area (Å²) in [7, 11) is 0. The highest BCUT2D eigenvalue weighted by Gasteiger charge is 2.15. The third-order valence-electron chi connectivity index (χ3n) is 2.76. The summed E-state index contributed by atoms with van der Waals surface area (Å²) in [4.78, 5) is 27.8. The topological polar surface area (TPSA) is 85.1 Å². The number of halogens is 1. The minimum atomic E-state index is -0.513. The summed E-state index contributed by atoms with van der Waals surface area (Å²) in [5, 5.41) is 14.3. The van der Waals surface area contributed by atoms with E-state index in [0.29, 0.717) is 15.7 Å². The molecule has 0 saturated heterocycles. The lowest BCUT2D eigenvalue weighted by atomic mass is 10.2. The van der Waals surface area contributed by atoms with E-state index in [9.17, 15) is 14.9 Å². The third kappa shape index (κ3) is 3.97. The summed E-state index contributed by atoms with van der Waals surface area (Å²) in [6.45, 7) is 2.36. The quantitative estimate of drug-likeness (QED) is 0.460. The number of nitrogens with zero attached hydrogens (tertiary/aromatic N) is 2. The molecule has 0 spiro atoms. The number of rotatable bonds is 5. The highest BCUT2D eigenvalue weighted by molar-refractivity contribution is 14.1. The Morgan fingerprint density at radius 3 is 2.90 bits per heavy atom. The van der Waals surface area contributed by atoms with Crippen molar-refractivity contribution >= 4 is 45.5 Å². The van der Waals surface area contributed by atoms with Gasteiger partial charge in [0, 0.05) is 26.8 Å². The van der Waals surface area contributed by atoms with Crippen LogP contribution in [0.5, 0.6) is 0 Å². The first kappa shape index (κ1) is 15.8. The number of nitro benzene ring substituents is 1. The summed E-state index contributed by atoms with van der Waals surface area (Å²) < 4.78 is 0.670. The molecule has 6 nitrogen and oxygen atoms in total. The maximum absolute atomic E-state index is 12.1. The molecule has 0 fully saturated rings. The second kappa shape index (κ2) is 6.94. The molecule has 0 saturated carbocycles. The molecule has 1 aromatic heterocycles. The van der Waals surface area contributed by atoms with Crippen LogP contribution in [0.4, 0.5) is 5.69 Å². The summed E-state index contributed by atoms with van der Waals surface area (Å²) in [6.07, 6.45) is 2.71. The van der Waals surface area contributed by atoms with E-state index < -0.39 is 4.92 Å². The van der Waals surface area contributed by atoms with Crippen LogP contribution in [0.25, 0.3) is 0 Å². The number of hydrogen-bond acceptors (Lipinski definition) is 5. The van der Waals surface area contributed by atoms with Crippen LogP contribution in [-0.4, -0.2) is 15.8 Å². The predicted molar refractivity (Wildman–Crippen MR) is 88.5 cm³/mol. The molecule has 110 valence electrons. The summed E-state index contributed by atoms with van der Waals surface area (Å²) in [6, 6.07) is 4.23. The van der Waals surface area contributed by atoms with Gasteiger partial charge in [0.15, 0.2) is 0 Å². The van der Waals surface area contributed by atoms with Gasteiger partial charge in [-0.15, -0.1) is 11.3 Å². The van der Waals surface area contributed by atoms with E-state index >= 15 is 0 Å². The van der Waals surface area contributed by atoms with Crippen molar-refractivity contribution in [2.75, 3.05) is 0 Å². The van der Waals surface area contributed by atoms with Gasteiger partial charge in [-0.3, -0.25) is 14.9 Å². The van der Waals surface area contributed by atoms with Gasteiger partial charge in [-0.2, -0.15) is 0 Å². The Morgan fingerprint density at radius 1 is 1.52 bits per heavy atom. The fourth-order valence-electron chi connectivity index (χ4n) is 1.65. The number of carbonyl (C=O) groups excluding carboxylic acids is 1. The molecule has 0 aliphatic heterocycles. The lowest BCUT2D eigenvalue weighted by Crippen LogP contribution is -2.23. The zero-order valence-corrected chi connectivity index (χ0v) is 14.1. The Labute approximate surface area is 138 Å². The first-order valence-corrected chi connectivity index (χ1v) is 8.06. The van der Waals surface area contributed by atoms with Gasteiger partial charge in [0.2, 0.25) is 0 Å². The molecule has 0 atom stereocenters. The maximum Gasteiger partial charge on any atom is 0.270 e. The van der Waals surface area contributed by atoms with Gasteiger partial charge in [-0.1, -0.05) is 6.92 Å². The third-order valence-corrected chi connectivity index (χ3v) is 4.84. The van der Waals surface area contributed by atoms with Crippen LogP contribution >= 0.6 is 33.9 Å². The Kier molecular flexibility index (Phi) is 5.23. The van der Waals surface area contributed by atoms with Crippen molar-refractivity contribution in [1.82, 2.24) is 10.3 Å². The molecule has 8 heteroatoms. The molecule has 2 aromatic rings. The minimum absolute atomic E-state index is 0.0944. The van der Waals surface area contributed by atoms with Crippen molar-refractivity contribution in [3.8, 4) is 0 Å². The summed E-state index contributed by atoms with van der Waals surface area (Å²) in [5.41, 5.74) is 0.208. The van der Waals surface area contributed by atoms with Crippen molar-refractivity contribution < 1.29 is 9.72 Å². The molecule has 1 N–H and O–H groups in total. The molecular formula is C13H12IN3O3S. The van der Waals surface area contributed by atoms with Crippen LogP contribution in [-0.2, 0) is 13.0 Å². The van der Waals surface area contributed by atoms with Gasteiger partial charge in [-0.05, 0) is 35.1 Å². The number of amides is 1. The van der Waals surface area contributed by atoms with Gasteiger partial charge in [0.25, 0.3) is 11.6 Å². The van der Waals surface area contributed by atoms with Gasteiger partial charge in [0.1, 0.15) is 5.01 Å². The van der Waals surface area contributed by atoms with Crippen molar-refractivity contribution in [3.05, 3.63) is 53.5 Å². The van der Waals surface area contributed by atoms with E-state index in [2.05, 4.69) is 10.3 Å². The Balaban J connectivity index is 2.09. The monoisotopic (exact) mass is 417 g/mol. The van der Waals surface area contributed by atoms with E-state index in [1.807, 2.05) is 29.5 Å². The number of aromatic nitrogens is 1. The Bertz CT molecular complexity index is 687. The standard InChI is InChI=1S/C13H12IN3O3S/c1-2-9-6-15-12(21-9)7-16-13(18)10-5-8(17(19)20)3-4-11(10)14/h3-6H,2,7H2,1H3,(H,16,18). The highest BCUT2D eigenvalue weighted by atomic mass is 127. The normalized spacial score (nSPS) is 10.4. The van der Waals surface area contributed by atoms with Crippen LogP contribution in [0.15, 0.2) is 24.4 Å². The number of nitro groups is 1. The van der Waals surface area contributed by atoms with Crippen LogP contribution < -0.4 is 5.32 Å². The highest BCUT2D eigenvalue weighted by Crippen LogP contribution is 2.20. The number of aryl methyl sites for hydroxylation is 1. The molecular weight excluding hydrogens is 405 g/mol. The zero-order chi connectivity index (χ0) is 15.4.